The predicted octanol–water partition coefficient (Wildman–Crippen LogP) is 1.84. The van der Waals surface area contributed by atoms with Crippen LogP contribution in [-0.4, -0.2) is 47.8 Å². The second-order valence-electron chi connectivity index (χ2n) is 6.07. The van der Waals surface area contributed by atoms with Gasteiger partial charge in [-0.2, -0.15) is 0 Å². The molecule has 2 fully saturated rings. The zero-order valence-corrected chi connectivity index (χ0v) is 12.6. The normalized spacial score (nSPS) is 18.4. The molecular weight excluding hydrogens is 283 g/mol. The van der Waals surface area contributed by atoms with E-state index >= 15 is 0 Å². The van der Waals surface area contributed by atoms with Gasteiger partial charge in [0.05, 0.1) is 0 Å². The van der Waals surface area contributed by atoms with Gasteiger partial charge >= 0.3 is 0 Å². The van der Waals surface area contributed by atoms with Gasteiger partial charge in [0.15, 0.2) is 0 Å². The zero-order chi connectivity index (χ0) is 15.5. The van der Waals surface area contributed by atoms with E-state index in [1.165, 1.54) is 6.07 Å². The third-order valence-electron chi connectivity index (χ3n) is 4.44. The molecule has 0 aromatic heterocycles. The first-order chi connectivity index (χ1) is 10.6. The molecule has 22 heavy (non-hydrogen) atoms. The Kier molecular flexibility index (Phi) is 4.41. The number of carbonyl (C=O) groups excluding carboxylic acids is 2. The van der Waals surface area contributed by atoms with Crippen LogP contribution < -0.4 is 0 Å². The molecule has 2 amide bonds. The van der Waals surface area contributed by atoms with Crippen molar-refractivity contribution in [3.63, 3.8) is 0 Å². The monoisotopic (exact) mass is 304 g/mol. The number of rotatable bonds is 4. The smallest absolute Gasteiger partial charge is 0.225 e. The van der Waals surface area contributed by atoms with E-state index in [0.29, 0.717) is 44.6 Å². The number of benzene rings is 1. The van der Waals surface area contributed by atoms with Crippen LogP contribution in [-0.2, 0) is 16.0 Å². The quantitative estimate of drug-likeness (QED) is 0.851. The molecule has 4 nitrogen and oxygen atoms in total. The van der Waals surface area contributed by atoms with E-state index in [0.717, 1.165) is 12.8 Å². The summed E-state index contributed by atoms with van der Waals surface area (Å²) in [5, 5.41) is 0. The van der Waals surface area contributed by atoms with E-state index in [4.69, 9.17) is 0 Å². The molecule has 1 heterocycles. The lowest BCUT2D eigenvalue weighted by Gasteiger charge is -2.35. The molecule has 0 bridgehead atoms. The van der Waals surface area contributed by atoms with Crippen molar-refractivity contribution in [3.05, 3.63) is 35.6 Å². The Morgan fingerprint density at radius 3 is 2.32 bits per heavy atom. The number of nitrogens with zero attached hydrogens (tertiary/aromatic N) is 2. The summed E-state index contributed by atoms with van der Waals surface area (Å²) in [5.41, 5.74) is 0.582. The van der Waals surface area contributed by atoms with Crippen molar-refractivity contribution < 1.29 is 14.0 Å². The summed E-state index contributed by atoms with van der Waals surface area (Å²) in [4.78, 5) is 27.8. The molecule has 0 atom stereocenters. The minimum Gasteiger partial charge on any atom is -0.339 e. The highest BCUT2D eigenvalue weighted by Gasteiger charge is 2.35. The van der Waals surface area contributed by atoms with Gasteiger partial charge in [-0.15, -0.1) is 0 Å². The molecule has 118 valence electrons. The largest absolute Gasteiger partial charge is 0.339 e. The van der Waals surface area contributed by atoms with E-state index in [9.17, 15) is 14.0 Å². The summed E-state index contributed by atoms with van der Waals surface area (Å²) < 4.78 is 13.5. The lowest BCUT2D eigenvalue weighted by molar-refractivity contribution is -0.140. The van der Waals surface area contributed by atoms with Crippen molar-refractivity contribution in [2.75, 3.05) is 26.2 Å². The highest BCUT2D eigenvalue weighted by Crippen LogP contribution is 2.31. The van der Waals surface area contributed by atoms with Crippen LogP contribution in [0.3, 0.4) is 0 Å². The van der Waals surface area contributed by atoms with Gasteiger partial charge in [0.1, 0.15) is 5.82 Å². The van der Waals surface area contributed by atoms with Crippen LogP contribution in [0.4, 0.5) is 4.39 Å². The van der Waals surface area contributed by atoms with Crippen LogP contribution in [0, 0.1) is 11.7 Å². The second-order valence-corrected chi connectivity index (χ2v) is 6.07. The Balaban J connectivity index is 1.45. The molecule has 1 aliphatic carbocycles. The summed E-state index contributed by atoms with van der Waals surface area (Å²) >= 11 is 0. The Bertz CT molecular complexity index is 564. The Hall–Kier alpha value is -1.91. The maximum absolute atomic E-state index is 13.5. The molecule has 1 aromatic carbocycles. The zero-order valence-electron chi connectivity index (χ0n) is 12.6. The SMILES string of the molecule is O=C(CCc1ccccc1F)N1CCN(C(=O)C2CC2)CC1. The maximum Gasteiger partial charge on any atom is 0.225 e. The molecule has 0 unspecified atom stereocenters. The van der Waals surface area contributed by atoms with Gasteiger partial charge in [0.25, 0.3) is 0 Å². The van der Waals surface area contributed by atoms with Crippen LogP contribution in [0.25, 0.3) is 0 Å². The fourth-order valence-electron chi connectivity index (χ4n) is 2.87. The highest BCUT2D eigenvalue weighted by molar-refractivity contribution is 5.81. The molecule has 0 radical (unpaired) electrons. The van der Waals surface area contributed by atoms with Crippen LogP contribution >= 0.6 is 0 Å². The number of piperazine rings is 1. The summed E-state index contributed by atoms with van der Waals surface area (Å²) in [6, 6.07) is 6.57. The van der Waals surface area contributed by atoms with Crippen LogP contribution in [0.2, 0.25) is 0 Å². The number of aryl methyl sites for hydroxylation is 1. The van der Waals surface area contributed by atoms with Gasteiger partial charge in [-0.05, 0) is 30.9 Å². The molecule has 2 aliphatic rings. The van der Waals surface area contributed by atoms with E-state index in [1.807, 2.05) is 4.90 Å². The molecule has 1 saturated carbocycles. The molecule has 1 aliphatic heterocycles. The van der Waals surface area contributed by atoms with Crippen LogP contribution in [0.5, 0.6) is 0 Å². The van der Waals surface area contributed by atoms with Crippen LogP contribution in [0.1, 0.15) is 24.8 Å². The minimum absolute atomic E-state index is 0.0433. The van der Waals surface area contributed by atoms with E-state index in [2.05, 4.69) is 0 Å². The van der Waals surface area contributed by atoms with Crippen molar-refractivity contribution in [1.82, 2.24) is 9.80 Å². The number of carbonyl (C=O) groups is 2. The van der Waals surface area contributed by atoms with Crippen molar-refractivity contribution in [2.24, 2.45) is 5.92 Å². The first-order valence-corrected chi connectivity index (χ1v) is 7.95. The summed E-state index contributed by atoms with van der Waals surface area (Å²) in [5.74, 6) is 0.277. The highest BCUT2D eigenvalue weighted by atomic mass is 19.1. The van der Waals surface area contributed by atoms with Crippen molar-refractivity contribution in [2.45, 2.75) is 25.7 Å². The van der Waals surface area contributed by atoms with Gasteiger partial charge in [-0.25, -0.2) is 4.39 Å². The first-order valence-electron chi connectivity index (χ1n) is 7.95. The van der Waals surface area contributed by atoms with Gasteiger partial charge < -0.3 is 9.80 Å². The van der Waals surface area contributed by atoms with Crippen molar-refractivity contribution in [3.8, 4) is 0 Å². The average Bonchev–Trinajstić information content (AvgIpc) is 3.38. The number of amides is 2. The molecular formula is C17H21FN2O2. The Morgan fingerprint density at radius 1 is 1.05 bits per heavy atom. The number of halogens is 1. The second kappa shape index (κ2) is 6.46. The topological polar surface area (TPSA) is 40.6 Å². The summed E-state index contributed by atoms with van der Waals surface area (Å²) in [7, 11) is 0. The third-order valence-corrected chi connectivity index (χ3v) is 4.44. The molecule has 1 aromatic rings. The number of hydrogen-bond donors (Lipinski definition) is 0. The van der Waals surface area contributed by atoms with E-state index in [1.54, 1.807) is 23.1 Å². The van der Waals surface area contributed by atoms with E-state index in [-0.39, 0.29) is 23.5 Å². The van der Waals surface area contributed by atoms with Gasteiger partial charge in [0, 0.05) is 38.5 Å². The van der Waals surface area contributed by atoms with Crippen molar-refractivity contribution in [1.29, 1.82) is 0 Å². The third kappa shape index (κ3) is 3.46. The van der Waals surface area contributed by atoms with Crippen LogP contribution in [0.15, 0.2) is 24.3 Å². The maximum atomic E-state index is 13.5. The fourth-order valence-corrected chi connectivity index (χ4v) is 2.87. The van der Waals surface area contributed by atoms with E-state index < -0.39 is 0 Å². The molecule has 0 spiro atoms. The minimum atomic E-state index is -0.254. The molecule has 0 N–H and O–H groups in total. The lowest BCUT2D eigenvalue weighted by atomic mass is 10.1. The average molecular weight is 304 g/mol. The van der Waals surface area contributed by atoms with Gasteiger partial charge in [-0.3, -0.25) is 9.59 Å². The molecule has 5 heteroatoms. The number of hydrogen-bond acceptors (Lipinski definition) is 2. The standard InChI is InChI=1S/C17H21FN2O2/c18-15-4-2-1-3-13(15)7-8-16(21)19-9-11-20(12-10-19)17(22)14-5-6-14/h1-4,14H,5-12H2. The van der Waals surface area contributed by atoms with Gasteiger partial charge in [-0.1, -0.05) is 18.2 Å². The Labute approximate surface area is 129 Å². The molecule has 3 rings (SSSR count). The van der Waals surface area contributed by atoms with Gasteiger partial charge in [0.2, 0.25) is 11.8 Å². The summed E-state index contributed by atoms with van der Waals surface area (Å²) in [6.07, 6.45) is 2.77. The summed E-state index contributed by atoms with van der Waals surface area (Å²) in [6.45, 7) is 2.44. The van der Waals surface area contributed by atoms with Crippen molar-refractivity contribution >= 4 is 11.8 Å². The fraction of sp³-hybridized carbons (Fsp3) is 0.529. The predicted molar refractivity (Wildman–Crippen MR) is 80.6 cm³/mol. The Morgan fingerprint density at radius 2 is 1.68 bits per heavy atom. The lowest BCUT2D eigenvalue weighted by Crippen LogP contribution is -2.51. The first kappa shape index (κ1) is 15.0. The molecule has 1 saturated heterocycles.